The molecule has 1 amide bonds. The Morgan fingerprint density at radius 3 is 2.46 bits per heavy atom. The average Bonchev–Trinajstić information content (AvgIpc) is 2.90. The van der Waals surface area contributed by atoms with Crippen molar-refractivity contribution in [2.75, 3.05) is 32.6 Å². The minimum atomic E-state index is -3.67. The number of rotatable bonds is 8. The molecule has 35 heavy (non-hydrogen) atoms. The van der Waals surface area contributed by atoms with Crippen molar-refractivity contribution in [1.82, 2.24) is 9.21 Å². The van der Waals surface area contributed by atoms with Gasteiger partial charge in [-0.1, -0.05) is 37.5 Å². The van der Waals surface area contributed by atoms with E-state index in [1.165, 1.54) is 36.4 Å². The molecule has 8 heteroatoms. The van der Waals surface area contributed by atoms with Gasteiger partial charge in [-0.3, -0.25) is 9.69 Å². The number of nitrogens with one attached hydrogen (secondary N) is 1. The van der Waals surface area contributed by atoms with E-state index in [4.69, 9.17) is 4.74 Å². The quantitative estimate of drug-likeness (QED) is 0.579. The fourth-order valence-electron chi connectivity index (χ4n) is 5.21. The summed E-state index contributed by atoms with van der Waals surface area (Å²) in [5.41, 5.74) is 1.91. The van der Waals surface area contributed by atoms with Crippen LogP contribution in [0.25, 0.3) is 0 Å². The van der Waals surface area contributed by atoms with Gasteiger partial charge in [0.15, 0.2) is 0 Å². The zero-order valence-corrected chi connectivity index (χ0v) is 21.6. The number of hydrogen-bond acceptors (Lipinski definition) is 5. The lowest BCUT2D eigenvalue weighted by molar-refractivity contribution is -0.120. The summed E-state index contributed by atoms with van der Waals surface area (Å²) >= 11 is 0. The van der Waals surface area contributed by atoms with Crippen LogP contribution in [0.2, 0.25) is 0 Å². The van der Waals surface area contributed by atoms with Crippen LogP contribution in [0.3, 0.4) is 0 Å². The summed E-state index contributed by atoms with van der Waals surface area (Å²) in [5, 5.41) is 3.11. The molecule has 0 aromatic heterocycles. The SMILES string of the molecule is COc1ccc(S(=O)(=O)N2CCCC(C(=O)Nc3ccccc3CN(C)C3CCCCC3)C2)cc1. The van der Waals surface area contributed by atoms with Crippen LogP contribution in [0, 0.1) is 5.92 Å². The van der Waals surface area contributed by atoms with E-state index in [1.807, 2.05) is 18.2 Å². The molecular weight excluding hydrogens is 462 g/mol. The summed E-state index contributed by atoms with van der Waals surface area (Å²) in [6.45, 7) is 1.38. The van der Waals surface area contributed by atoms with Crippen LogP contribution in [0.5, 0.6) is 5.75 Å². The highest BCUT2D eigenvalue weighted by Gasteiger charge is 2.33. The Bertz CT molecular complexity index is 1100. The van der Waals surface area contributed by atoms with Gasteiger partial charge in [-0.25, -0.2) is 8.42 Å². The molecule has 1 unspecified atom stereocenters. The predicted molar refractivity (Wildman–Crippen MR) is 138 cm³/mol. The third kappa shape index (κ3) is 6.23. The number of methoxy groups -OCH3 is 1. The molecule has 1 aliphatic carbocycles. The zero-order valence-electron chi connectivity index (χ0n) is 20.8. The van der Waals surface area contributed by atoms with Crippen molar-refractivity contribution in [3.05, 3.63) is 54.1 Å². The summed E-state index contributed by atoms with van der Waals surface area (Å²) in [5.74, 6) is 0.0981. The summed E-state index contributed by atoms with van der Waals surface area (Å²) in [6, 6.07) is 14.9. The Kier molecular flexibility index (Phi) is 8.46. The van der Waals surface area contributed by atoms with E-state index in [0.29, 0.717) is 31.2 Å². The lowest BCUT2D eigenvalue weighted by Gasteiger charge is -2.32. The van der Waals surface area contributed by atoms with Gasteiger partial charge in [-0.2, -0.15) is 4.31 Å². The maximum absolute atomic E-state index is 13.2. The topological polar surface area (TPSA) is 79.0 Å². The fraction of sp³-hybridized carbons (Fsp3) is 0.519. The lowest BCUT2D eigenvalue weighted by atomic mass is 9.94. The molecule has 0 bridgehead atoms. The molecule has 1 saturated carbocycles. The number of hydrogen-bond donors (Lipinski definition) is 1. The number of carbonyl (C=O) groups is 1. The van der Waals surface area contributed by atoms with Crippen molar-refractivity contribution in [2.24, 2.45) is 5.92 Å². The average molecular weight is 500 g/mol. The second-order valence-corrected chi connectivity index (χ2v) is 11.7. The first-order valence-corrected chi connectivity index (χ1v) is 14.1. The Balaban J connectivity index is 1.42. The lowest BCUT2D eigenvalue weighted by Crippen LogP contribution is -2.43. The molecular formula is C27H37N3O4S. The van der Waals surface area contributed by atoms with E-state index in [9.17, 15) is 13.2 Å². The Morgan fingerprint density at radius 2 is 1.74 bits per heavy atom. The van der Waals surface area contributed by atoms with Crippen LogP contribution >= 0.6 is 0 Å². The van der Waals surface area contributed by atoms with E-state index in [-0.39, 0.29) is 23.3 Å². The molecule has 4 rings (SSSR count). The first-order chi connectivity index (χ1) is 16.9. The molecule has 190 valence electrons. The van der Waals surface area contributed by atoms with Gasteiger partial charge in [0.05, 0.1) is 17.9 Å². The number of nitrogens with zero attached hydrogens (tertiary/aromatic N) is 2. The molecule has 2 aliphatic rings. The first kappa shape index (κ1) is 25.7. The number of amides is 1. The van der Waals surface area contributed by atoms with E-state index in [1.54, 1.807) is 31.4 Å². The van der Waals surface area contributed by atoms with Gasteiger partial charge in [0, 0.05) is 31.4 Å². The van der Waals surface area contributed by atoms with Gasteiger partial charge in [-0.15, -0.1) is 0 Å². The van der Waals surface area contributed by atoms with Crippen molar-refractivity contribution >= 4 is 21.6 Å². The van der Waals surface area contributed by atoms with Gasteiger partial charge in [0.25, 0.3) is 0 Å². The zero-order chi connectivity index (χ0) is 24.8. The smallest absolute Gasteiger partial charge is 0.243 e. The summed E-state index contributed by atoms with van der Waals surface area (Å²) in [6.07, 6.45) is 7.67. The molecule has 1 N–H and O–H groups in total. The number of anilines is 1. The maximum atomic E-state index is 13.2. The minimum Gasteiger partial charge on any atom is -0.497 e. The van der Waals surface area contributed by atoms with E-state index in [2.05, 4.69) is 23.3 Å². The van der Waals surface area contributed by atoms with Crippen LogP contribution in [0.4, 0.5) is 5.69 Å². The van der Waals surface area contributed by atoms with Crippen molar-refractivity contribution in [1.29, 1.82) is 0 Å². The Hall–Kier alpha value is -2.42. The van der Waals surface area contributed by atoms with Crippen molar-refractivity contribution < 1.29 is 17.9 Å². The van der Waals surface area contributed by atoms with E-state index in [0.717, 1.165) is 17.8 Å². The van der Waals surface area contributed by atoms with Crippen LogP contribution in [0.1, 0.15) is 50.5 Å². The van der Waals surface area contributed by atoms with Gasteiger partial charge in [0.2, 0.25) is 15.9 Å². The van der Waals surface area contributed by atoms with Crippen molar-refractivity contribution in [3.8, 4) is 5.75 Å². The predicted octanol–water partition coefficient (Wildman–Crippen LogP) is 4.50. The van der Waals surface area contributed by atoms with Crippen LogP contribution in [-0.4, -0.2) is 56.8 Å². The van der Waals surface area contributed by atoms with E-state index >= 15 is 0 Å². The van der Waals surface area contributed by atoms with Gasteiger partial charge in [0.1, 0.15) is 5.75 Å². The summed E-state index contributed by atoms with van der Waals surface area (Å²) in [7, 11) is 0.0378. The van der Waals surface area contributed by atoms with Crippen molar-refractivity contribution in [3.63, 3.8) is 0 Å². The minimum absolute atomic E-state index is 0.118. The second-order valence-electron chi connectivity index (χ2n) is 9.73. The molecule has 1 heterocycles. The van der Waals surface area contributed by atoms with Gasteiger partial charge >= 0.3 is 0 Å². The summed E-state index contributed by atoms with van der Waals surface area (Å²) < 4.78 is 32.9. The summed E-state index contributed by atoms with van der Waals surface area (Å²) in [4.78, 5) is 15.9. The molecule has 2 aromatic carbocycles. The molecule has 2 aromatic rings. The number of carbonyl (C=O) groups excluding carboxylic acids is 1. The molecule has 7 nitrogen and oxygen atoms in total. The number of piperidine rings is 1. The van der Waals surface area contributed by atoms with Crippen molar-refractivity contribution in [2.45, 2.75) is 62.4 Å². The second kappa shape index (κ2) is 11.5. The fourth-order valence-corrected chi connectivity index (χ4v) is 6.73. The highest BCUT2D eigenvalue weighted by atomic mass is 32.2. The molecule has 0 spiro atoms. The van der Waals surface area contributed by atoms with Gasteiger partial charge in [-0.05, 0) is 68.6 Å². The molecule has 1 aliphatic heterocycles. The molecule has 1 saturated heterocycles. The standard InChI is InChI=1S/C27H37N3O4S/c1-29(23-11-4-3-5-12-23)19-21-9-6-7-13-26(21)28-27(31)22-10-8-18-30(20-22)35(32,33)25-16-14-24(34-2)15-17-25/h6-7,9,13-17,22-23H,3-5,8,10-12,18-20H2,1-2H3,(H,28,31). The molecule has 0 radical (unpaired) electrons. The molecule has 2 fully saturated rings. The Morgan fingerprint density at radius 1 is 1.03 bits per heavy atom. The highest BCUT2D eigenvalue weighted by Crippen LogP contribution is 2.28. The third-order valence-electron chi connectivity index (χ3n) is 7.35. The number of para-hydroxylation sites is 1. The monoisotopic (exact) mass is 499 g/mol. The number of sulfonamides is 1. The maximum Gasteiger partial charge on any atom is 0.243 e. The molecule has 1 atom stereocenters. The number of benzene rings is 2. The van der Waals surface area contributed by atoms with E-state index < -0.39 is 10.0 Å². The van der Waals surface area contributed by atoms with Crippen LogP contribution in [0.15, 0.2) is 53.4 Å². The van der Waals surface area contributed by atoms with Crippen LogP contribution < -0.4 is 10.1 Å². The number of ether oxygens (including phenoxy) is 1. The largest absolute Gasteiger partial charge is 0.497 e. The normalized spacial score (nSPS) is 20.0. The van der Waals surface area contributed by atoms with Crippen LogP contribution in [-0.2, 0) is 21.4 Å². The third-order valence-corrected chi connectivity index (χ3v) is 9.22. The highest BCUT2D eigenvalue weighted by molar-refractivity contribution is 7.89. The van der Waals surface area contributed by atoms with Gasteiger partial charge < -0.3 is 10.1 Å². The first-order valence-electron chi connectivity index (χ1n) is 12.6. The Labute approximate surface area is 209 Å².